The predicted octanol–water partition coefficient (Wildman–Crippen LogP) is -0.125. The zero-order valence-electron chi connectivity index (χ0n) is 10.1. The molecule has 2 aromatic heterocycles. The molecule has 2 heterocycles. The van der Waals surface area contributed by atoms with Crippen LogP contribution in [-0.2, 0) is 0 Å². The molecule has 0 aromatic carbocycles. The Bertz CT molecular complexity index is 591. The number of aromatic nitrogens is 4. The summed E-state index contributed by atoms with van der Waals surface area (Å²) in [4.78, 5) is 15.7. The first-order chi connectivity index (χ1) is 7.87. The Labute approximate surface area is 98.1 Å². The third-order valence-electron chi connectivity index (χ3n) is 2.30. The molecule has 0 fully saturated rings. The standard InChI is InChI=1S/C10H16N6O/c1-6-13-7(12-5-10(2,3)11)4-8-14-15-9(17)16(6)8/h4,12H,5,11H2,1-3H3,(H,15,17). The van der Waals surface area contributed by atoms with Crippen LogP contribution in [0.5, 0.6) is 0 Å². The van der Waals surface area contributed by atoms with Gasteiger partial charge in [0.25, 0.3) is 0 Å². The summed E-state index contributed by atoms with van der Waals surface area (Å²) in [6.07, 6.45) is 0. The van der Waals surface area contributed by atoms with Crippen molar-refractivity contribution >= 4 is 11.5 Å². The Kier molecular flexibility index (Phi) is 2.62. The number of aromatic amines is 1. The number of fused-ring (bicyclic) bond motifs is 1. The van der Waals surface area contributed by atoms with Crippen molar-refractivity contribution in [2.75, 3.05) is 11.9 Å². The molecule has 0 radical (unpaired) electrons. The van der Waals surface area contributed by atoms with Crippen molar-refractivity contribution < 1.29 is 0 Å². The van der Waals surface area contributed by atoms with Gasteiger partial charge in [0.15, 0.2) is 5.65 Å². The van der Waals surface area contributed by atoms with E-state index in [9.17, 15) is 4.79 Å². The van der Waals surface area contributed by atoms with Crippen LogP contribution in [0, 0.1) is 6.92 Å². The minimum Gasteiger partial charge on any atom is -0.368 e. The molecule has 0 unspecified atom stereocenters. The second-order valence-electron chi connectivity index (χ2n) is 4.75. The first kappa shape index (κ1) is 11.6. The average molecular weight is 236 g/mol. The molecule has 92 valence electrons. The molecule has 0 bridgehead atoms. The third kappa shape index (κ3) is 2.44. The molecule has 0 atom stereocenters. The van der Waals surface area contributed by atoms with Gasteiger partial charge in [0, 0.05) is 18.2 Å². The molecular weight excluding hydrogens is 220 g/mol. The van der Waals surface area contributed by atoms with Crippen LogP contribution in [0.4, 0.5) is 5.82 Å². The Morgan fingerprint density at radius 2 is 2.29 bits per heavy atom. The van der Waals surface area contributed by atoms with E-state index in [1.54, 1.807) is 13.0 Å². The minimum absolute atomic E-state index is 0.282. The number of nitrogens with zero attached hydrogens (tertiary/aromatic N) is 3. The zero-order valence-corrected chi connectivity index (χ0v) is 10.1. The molecule has 0 amide bonds. The van der Waals surface area contributed by atoms with E-state index in [-0.39, 0.29) is 11.2 Å². The van der Waals surface area contributed by atoms with Crippen LogP contribution in [0.3, 0.4) is 0 Å². The highest BCUT2D eigenvalue weighted by molar-refractivity contribution is 5.49. The van der Waals surface area contributed by atoms with Gasteiger partial charge >= 0.3 is 5.69 Å². The summed E-state index contributed by atoms with van der Waals surface area (Å²) >= 11 is 0. The highest BCUT2D eigenvalue weighted by Crippen LogP contribution is 2.09. The number of H-pyrrole nitrogens is 1. The average Bonchev–Trinajstić information content (AvgIpc) is 2.57. The first-order valence-electron chi connectivity index (χ1n) is 5.34. The van der Waals surface area contributed by atoms with Crippen molar-refractivity contribution in [1.82, 2.24) is 19.6 Å². The van der Waals surface area contributed by atoms with Gasteiger partial charge in [-0.15, -0.1) is 0 Å². The molecule has 4 N–H and O–H groups in total. The van der Waals surface area contributed by atoms with Crippen molar-refractivity contribution in [3.63, 3.8) is 0 Å². The monoisotopic (exact) mass is 236 g/mol. The summed E-state index contributed by atoms with van der Waals surface area (Å²) in [5.74, 6) is 1.24. The lowest BCUT2D eigenvalue weighted by molar-refractivity contribution is 0.548. The van der Waals surface area contributed by atoms with Crippen LogP contribution in [0.2, 0.25) is 0 Å². The van der Waals surface area contributed by atoms with Gasteiger partial charge in [-0.1, -0.05) is 0 Å². The summed E-state index contributed by atoms with van der Waals surface area (Å²) in [6.45, 7) is 6.18. The summed E-state index contributed by atoms with van der Waals surface area (Å²) < 4.78 is 1.42. The van der Waals surface area contributed by atoms with E-state index < -0.39 is 0 Å². The van der Waals surface area contributed by atoms with Crippen molar-refractivity contribution in [2.24, 2.45) is 5.73 Å². The van der Waals surface area contributed by atoms with Gasteiger partial charge in [-0.2, -0.15) is 5.10 Å². The molecular formula is C10H16N6O. The Morgan fingerprint density at radius 1 is 1.59 bits per heavy atom. The van der Waals surface area contributed by atoms with E-state index in [2.05, 4.69) is 20.5 Å². The molecule has 0 aliphatic carbocycles. The maximum Gasteiger partial charge on any atom is 0.349 e. The summed E-state index contributed by atoms with van der Waals surface area (Å²) in [6, 6.07) is 1.70. The molecule has 0 aliphatic heterocycles. The molecule has 0 spiro atoms. The number of hydrogen-bond acceptors (Lipinski definition) is 5. The van der Waals surface area contributed by atoms with E-state index in [0.29, 0.717) is 23.8 Å². The highest BCUT2D eigenvalue weighted by Gasteiger charge is 2.12. The maximum atomic E-state index is 11.4. The fourth-order valence-corrected chi connectivity index (χ4v) is 1.51. The van der Waals surface area contributed by atoms with Crippen LogP contribution >= 0.6 is 0 Å². The maximum absolute atomic E-state index is 11.4. The van der Waals surface area contributed by atoms with Crippen molar-refractivity contribution in [3.05, 3.63) is 22.4 Å². The largest absolute Gasteiger partial charge is 0.368 e. The van der Waals surface area contributed by atoms with Crippen molar-refractivity contribution in [2.45, 2.75) is 26.3 Å². The first-order valence-corrected chi connectivity index (χ1v) is 5.34. The summed E-state index contributed by atoms with van der Waals surface area (Å²) in [5.41, 5.74) is 5.80. The quantitative estimate of drug-likeness (QED) is 0.689. The molecule has 0 saturated carbocycles. The fraction of sp³-hybridized carbons (Fsp3) is 0.500. The minimum atomic E-state index is -0.326. The Hall–Kier alpha value is -1.89. The number of nitrogens with one attached hydrogen (secondary N) is 2. The van der Waals surface area contributed by atoms with Gasteiger partial charge in [-0.3, -0.25) is 0 Å². The van der Waals surface area contributed by atoms with Crippen LogP contribution in [0.15, 0.2) is 10.9 Å². The van der Waals surface area contributed by atoms with Crippen molar-refractivity contribution in [1.29, 1.82) is 0 Å². The van der Waals surface area contributed by atoms with Crippen LogP contribution in [0.1, 0.15) is 19.7 Å². The van der Waals surface area contributed by atoms with E-state index in [0.717, 1.165) is 0 Å². The van der Waals surface area contributed by atoms with Gasteiger partial charge in [-0.05, 0) is 20.8 Å². The van der Waals surface area contributed by atoms with Crippen molar-refractivity contribution in [3.8, 4) is 0 Å². The molecule has 0 aliphatic rings. The normalized spacial score (nSPS) is 12.0. The second-order valence-corrected chi connectivity index (χ2v) is 4.75. The van der Waals surface area contributed by atoms with Crippen LogP contribution in [0.25, 0.3) is 5.65 Å². The number of anilines is 1. The number of nitrogens with two attached hydrogens (primary N) is 1. The Balaban J connectivity index is 2.34. The van der Waals surface area contributed by atoms with E-state index in [4.69, 9.17) is 5.73 Å². The molecule has 2 rings (SSSR count). The van der Waals surface area contributed by atoms with Crippen LogP contribution in [-0.4, -0.2) is 31.7 Å². The zero-order chi connectivity index (χ0) is 12.6. The van der Waals surface area contributed by atoms with Gasteiger partial charge in [0.1, 0.15) is 11.6 Å². The van der Waals surface area contributed by atoms with Gasteiger partial charge in [-0.25, -0.2) is 19.3 Å². The molecule has 7 nitrogen and oxygen atoms in total. The van der Waals surface area contributed by atoms with E-state index >= 15 is 0 Å². The Morgan fingerprint density at radius 3 is 2.94 bits per heavy atom. The lowest BCUT2D eigenvalue weighted by Crippen LogP contribution is -2.39. The summed E-state index contributed by atoms with van der Waals surface area (Å²) in [7, 11) is 0. The lowest BCUT2D eigenvalue weighted by Gasteiger charge is -2.19. The summed E-state index contributed by atoms with van der Waals surface area (Å²) in [5, 5.41) is 9.40. The predicted molar refractivity (Wildman–Crippen MR) is 65.1 cm³/mol. The second kappa shape index (κ2) is 3.85. The van der Waals surface area contributed by atoms with Gasteiger partial charge in [0.05, 0.1) is 0 Å². The topological polar surface area (TPSA) is 101 Å². The van der Waals surface area contributed by atoms with Crippen LogP contribution < -0.4 is 16.7 Å². The fourth-order valence-electron chi connectivity index (χ4n) is 1.51. The SMILES string of the molecule is Cc1nc(NCC(C)(C)N)cc2n[nH]c(=O)n12. The van der Waals surface area contributed by atoms with E-state index in [1.807, 2.05) is 13.8 Å². The lowest BCUT2D eigenvalue weighted by atomic mass is 10.1. The molecule has 2 aromatic rings. The highest BCUT2D eigenvalue weighted by atomic mass is 16.1. The molecule has 7 heteroatoms. The smallest absolute Gasteiger partial charge is 0.349 e. The van der Waals surface area contributed by atoms with Gasteiger partial charge in [0.2, 0.25) is 0 Å². The molecule has 17 heavy (non-hydrogen) atoms. The number of hydrogen-bond donors (Lipinski definition) is 3. The third-order valence-corrected chi connectivity index (χ3v) is 2.30. The number of aryl methyl sites for hydroxylation is 1. The van der Waals surface area contributed by atoms with Gasteiger partial charge < -0.3 is 11.1 Å². The number of rotatable bonds is 3. The van der Waals surface area contributed by atoms with E-state index in [1.165, 1.54) is 4.40 Å². The molecule has 0 saturated heterocycles.